The van der Waals surface area contributed by atoms with Crippen molar-refractivity contribution >= 4 is 63.8 Å². The van der Waals surface area contributed by atoms with Crippen LogP contribution in [0.1, 0.15) is 34.7 Å². The molecule has 0 saturated carbocycles. The molecule has 0 spiro atoms. The molecule has 41 heavy (non-hydrogen) atoms. The quantitative estimate of drug-likeness (QED) is 0.184. The molecular weight excluding hydrogens is 637 g/mol. The Morgan fingerprint density at radius 3 is 2.44 bits per heavy atom. The number of hydrogen-bond acceptors (Lipinski definition) is 6. The largest absolute Gasteiger partial charge is 0.490 e. The predicted octanol–water partition coefficient (Wildman–Crippen LogP) is 5.61. The van der Waals surface area contributed by atoms with Crippen molar-refractivity contribution in [3.8, 4) is 11.5 Å². The monoisotopic (exact) mass is 667 g/mol. The molecule has 1 saturated heterocycles. The minimum absolute atomic E-state index is 0.206. The van der Waals surface area contributed by atoms with Gasteiger partial charge in [-0.25, -0.2) is 9.69 Å². The van der Waals surface area contributed by atoms with Gasteiger partial charge in [-0.1, -0.05) is 18.2 Å². The van der Waals surface area contributed by atoms with Crippen molar-refractivity contribution in [2.75, 3.05) is 23.4 Å². The number of urea groups is 1. The predicted molar refractivity (Wildman–Crippen MR) is 165 cm³/mol. The maximum atomic E-state index is 13.4. The molecule has 1 fully saturated rings. The normalized spacial score (nSPS) is 14.2. The van der Waals surface area contributed by atoms with E-state index in [-0.39, 0.29) is 18.1 Å². The van der Waals surface area contributed by atoms with Crippen molar-refractivity contribution in [3.63, 3.8) is 0 Å². The Balaban J connectivity index is 1.59. The smallest absolute Gasteiger partial charge is 0.335 e. The van der Waals surface area contributed by atoms with Crippen LogP contribution in [0.5, 0.6) is 11.5 Å². The number of imide groups is 2. The number of carbonyl (C=O) groups is 4. The molecule has 4 rings (SSSR count). The topological polar surface area (TPSA) is 114 Å². The van der Waals surface area contributed by atoms with E-state index in [0.29, 0.717) is 38.6 Å². The van der Waals surface area contributed by atoms with E-state index in [1.165, 1.54) is 6.08 Å². The lowest BCUT2D eigenvalue weighted by Gasteiger charge is -2.27. The number of hydrogen-bond donors (Lipinski definition) is 2. The summed E-state index contributed by atoms with van der Waals surface area (Å²) in [7, 11) is 0. The number of nitrogens with zero attached hydrogens (tertiary/aromatic N) is 1. The molecule has 0 aromatic heterocycles. The minimum Gasteiger partial charge on any atom is -0.490 e. The second-order valence-corrected chi connectivity index (χ2v) is 10.7. The van der Waals surface area contributed by atoms with Gasteiger partial charge >= 0.3 is 6.03 Å². The van der Waals surface area contributed by atoms with Crippen molar-refractivity contribution in [3.05, 3.63) is 85.5 Å². The first-order valence-electron chi connectivity index (χ1n) is 12.9. The summed E-state index contributed by atoms with van der Waals surface area (Å²) in [6, 6.07) is 13.4. The second kappa shape index (κ2) is 12.5. The molecule has 1 aliphatic heterocycles. The molecule has 0 radical (unpaired) electrons. The van der Waals surface area contributed by atoms with E-state index in [0.717, 1.165) is 27.2 Å². The molecule has 1 heterocycles. The van der Waals surface area contributed by atoms with Gasteiger partial charge in [-0.05, 0) is 121 Å². The second-order valence-electron chi connectivity index (χ2n) is 9.57. The third-order valence-corrected chi connectivity index (χ3v) is 7.52. The van der Waals surface area contributed by atoms with Crippen molar-refractivity contribution in [2.45, 2.75) is 34.6 Å². The zero-order valence-corrected chi connectivity index (χ0v) is 25.5. The highest BCUT2D eigenvalue weighted by Crippen LogP contribution is 2.35. The van der Waals surface area contributed by atoms with Crippen LogP contribution in [0.4, 0.5) is 16.2 Å². The Morgan fingerprint density at radius 1 is 0.976 bits per heavy atom. The molecule has 0 aliphatic carbocycles. The summed E-state index contributed by atoms with van der Waals surface area (Å²) in [6.45, 7) is 9.57. The minimum atomic E-state index is -0.812. The van der Waals surface area contributed by atoms with E-state index < -0.39 is 17.8 Å². The van der Waals surface area contributed by atoms with Gasteiger partial charge in [0, 0.05) is 5.69 Å². The van der Waals surface area contributed by atoms with Crippen LogP contribution in [-0.4, -0.2) is 37.0 Å². The van der Waals surface area contributed by atoms with Gasteiger partial charge in [0.15, 0.2) is 18.1 Å². The number of halogens is 1. The fourth-order valence-corrected chi connectivity index (χ4v) is 4.99. The summed E-state index contributed by atoms with van der Waals surface area (Å²) < 4.78 is 12.2. The number of carbonyl (C=O) groups excluding carboxylic acids is 4. The summed E-state index contributed by atoms with van der Waals surface area (Å²) in [5.74, 6) is -1.16. The zero-order valence-electron chi connectivity index (χ0n) is 23.4. The van der Waals surface area contributed by atoms with Crippen molar-refractivity contribution in [1.82, 2.24) is 5.32 Å². The van der Waals surface area contributed by atoms with Gasteiger partial charge in [0.2, 0.25) is 0 Å². The van der Waals surface area contributed by atoms with E-state index in [1.807, 2.05) is 74.6 Å². The van der Waals surface area contributed by atoms with E-state index in [9.17, 15) is 19.2 Å². The molecule has 3 aromatic carbocycles. The van der Waals surface area contributed by atoms with Crippen LogP contribution >= 0.6 is 22.6 Å². The van der Waals surface area contributed by atoms with E-state index in [1.54, 1.807) is 31.2 Å². The summed E-state index contributed by atoms with van der Waals surface area (Å²) in [5.41, 5.74) is 5.30. The van der Waals surface area contributed by atoms with Crippen LogP contribution < -0.4 is 25.0 Å². The first-order chi connectivity index (χ1) is 19.5. The van der Waals surface area contributed by atoms with Crippen molar-refractivity contribution in [2.24, 2.45) is 0 Å². The standard InChI is InChI=1S/C31H30IN3O6/c1-6-40-26-15-21(14-24(32)28(26)41-16-27(36)33-25-9-7-8-18(3)20(25)5)13-23-29(37)34-31(39)35(30(23)38)22-11-10-17(2)19(4)12-22/h7-15H,6,16H2,1-5H3,(H,33,36)(H,34,37,39)/b23-13-. The molecule has 1 aliphatic rings. The highest BCUT2D eigenvalue weighted by Gasteiger charge is 2.37. The molecule has 212 valence electrons. The number of benzene rings is 3. The molecule has 0 unspecified atom stereocenters. The number of anilines is 2. The van der Waals surface area contributed by atoms with E-state index in [4.69, 9.17) is 9.47 Å². The van der Waals surface area contributed by atoms with Gasteiger partial charge in [-0.2, -0.15) is 0 Å². The van der Waals surface area contributed by atoms with Gasteiger partial charge in [0.25, 0.3) is 17.7 Å². The lowest BCUT2D eigenvalue weighted by atomic mass is 10.0. The summed E-state index contributed by atoms with van der Waals surface area (Å²) >= 11 is 2.04. The molecule has 9 nitrogen and oxygen atoms in total. The lowest BCUT2D eigenvalue weighted by Crippen LogP contribution is -2.54. The van der Waals surface area contributed by atoms with Crippen LogP contribution in [0.2, 0.25) is 0 Å². The van der Waals surface area contributed by atoms with Crippen molar-refractivity contribution < 1.29 is 28.7 Å². The summed E-state index contributed by atoms with van der Waals surface area (Å²) in [4.78, 5) is 52.2. The maximum absolute atomic E-state index is 13.4. The Bertz CT molecular complexity index is 1600. The van der Waals surface area contributed by atoms with Crippen LogP contribution in [0.3, 0.4) is 0 Å². The van der Waals surface area contributed by atoms with Gasteiger partial charge in [0.1, 0.15) is 5.57 Å². The maximum Gasteiger partial charge on any atom is 0.335 e. The fraction of sp³-hybridized carbons (Fsp3) is 0.226. The SMILES string of the molecule is CCOc1cc(/C=C2/C(=O)NC(=O)N(c3ccc(C)c(C)c3)C2=O)cc(I)c1OCC(=O)Nc1cccc(C)c1C. The number of aryl methyl sites for hydroxylation is 3. The Hall–Kier alpha value is -4.19. The van der Waals surface area contributed by atoms with Gasteiger partial charge in [-0.3, -0.25) is 19.7 Å². The van der Waals surface area contributed by atoms with Gasteiger partial charge in [-0.15, -0.1) is 0 Å². The Kier molecular flexibility index (Phi) is 9.11. The third kappa shape index (κ3) is 6.59. The third-order valence-electron chi connectivity index (χ3n) is 6.72. The number of amides is 5. The van der Waals surface area contributed by atoms with Crippen LogP contribution in [0.15, 0.2) is 54.1 Å². The van der Waals surface area contributed by atoms with E-state index in [2.05, 4.69) is 10.6 Å². The number of nitrogens with one attached hydrogen (secondary N) is 2. The molecule has 3 aromatic rings. The molecule has 5 amide bonds. The first-order valence-corrected chi connectivity index (χ1v) is 14.0. The van der Waals surface area contributed by atoms with E-state index >= 15 is 0 Å². The molecule has 0 bridgehead atoms. The molecule has 2 N–H and O–H groups in total. The molecule has 0 atom stereocenters. The summed E-state index contributed by atoms with van der Waals surface area (Å²) in [5, 5.41) is 5.11. The molecular formula is C31H30IN3O6. The number of barbiturate groups is 1. The highest BCUT2D eigenvalue weighted by atomic mass is 127. The average Bonchev–Trinajstić information content (AvgIpc) is 2.91. The fourth-order valence-electron chi connectivity index (χ4n) is 4.21. The summed E-state index contributed by atoms with van der Waals surface area (Å²) in [6.07, 6.45) is 1.40. The van der Waals surface area contributed by atoms with Gasteiger partial charge < -0.3 is 14.8 Å². The first kappa shape index (κ1) is 29.8. The zero-order chi connectivity index (χ0) is 29.8. The molecule has 10 heteroatoms. The number of ether oxygens (including phenoxy) is 2. The highest BCUT2D eigenvalue weighted by molar-refractivity contribution is 14.1. The Morgan fingerprint density at radius 2 is 1.73 bits per heavy atom. The van der Waals surface area contributed by atoms with Gasteiger partial charge in [0.05, 0.1) is 15.9 Å². The van der Waals surface area contributed by atoms with Crippen LogP contribution in [0.25, 0.3) is 6.08 Å². The van der Waals surface area contributed by atoms with Crippen LogP contribution in [0, 0.1) is 31.3 Å². The number of rotatable bonds is 8. The Labute approximate surface area is 252 Å². The average molecular weight is 667 g/mol. The van der Waals surface area contributed by atoms with Crippen LogP contribution in [-0.2, 0) is 14.4 Å². The lowest BCUT2D eigenvalue weighted by molar-refractivity contribution is -0.122. The van der Waals surface area contributed by atoms with Crippen molar-refractivity contribution in [1.29, 1.82) is 0 Å².